The minimum absolute atomic E-state index is 0.327. The highest BCUT2D eigenvalue weighted by Gasteiger charge is 2.12. The van der Waals surface area contributed by atoms with E-state index in [0.29, 0.717) is 6.79 Å². The maximum Gasteiger partial charge on any atom is 0.231 e. The molecular weight excluding hydrogens is 242 g/mol. The highest BCUT2D eigenvalue weighted by Crippen LogP contribution is 2.32. The molecule has 1 aromatic heterocycles. The number of aromatic nitrogens is 2. The molecule has 1 N–H and O–H groups in total. The van der Waals surface area contributed by atoms with Crippen molar-refractivity contribution in [3.05, 3.63) is 41.7 Å². The minimum atomic E-state index is 0.327. The number of ether oxygens (including phenoxy) is 2. The second-order valence-electron chi connectivity index (χ2n) is 4.64. The van der Waals surface area contributed by atoms with E-state index in [4.69, 9.17) is 9.47 Å². The molecule has 1 aliphatic heterocycles. The molecule has 0 atom stereocenters. The lowest BCUT2D eigenvalue weighted by Gasteiger charge is -2.05. The van der Waals surface area contributed by atoms with E-state index in [1.54, 1.807) is 0 Å². The zero-order chi connectivity index (χ0) is 13.1. The molecule has 0 radical (unpaired) electrons. The zero-order valence-corrected chi connectivity index (χ0v) is 10.9. The fraction of sp³-hybridized carbons (Fsp3) is 0.357. The molecule has 19 heavy (non-hydrogen) atoms. The first-order valence-corrected chi connectivity index (χ1v) is 6.38. The molecule has 5 heteroatoms. The van der Waals surface area contributed by atoms with Crippen LogP contribution in [0, 0.1) is 0 Å². The molecule has 0 amide bonds. The van der Waals surface area contributed by atoms with Crippen LogP contribution in [-0.4, -0.2) is 23.1 Å². The van der Waals surface area contributed by atoms with Gasteiger partial charge in [-0.05, 0) is 36.2 Å². The van der Waals surface area contributed by atoms with Crippen LogP contribution >= 0.6 is 0 Å². The van der Waals surface area contributed by atoms with Gasteiger partial charge in [0.1, 0.15) is 0 Å². The summed E-state index contributed by atoms with van der Waals surface area (Å²) in [5.41, 5.74) is 2.45. The molecule has 0 spiro atoms. The third-order valence-corrected chi connectivity index (χ3v) is 3.11. The van der Waals surface area contributed by atoms with E-state index in [1.165, 1.54) is 11.1 Å². The fourth-order valence-electron chi connectivity index (χ4n) is 2.12. The third kappa shape index (κ3) is 2.88. The quantitative estimate of drug-likeness (QED) is 0.826. The first-order valence-electron chi connectivity index (χ1n) is 6.38. The molecule has 5 nitrogen and oxygen atoms in total. The largest absolute Gasteiger partial charge is 0.454 e. The molecule has 0 saturated carbocycles. The summed E-state index contributed by atoms with van der Waals surface area (Å²) in [6.45, 7) is 2.09. The lowest BCUT2D eigenvalue weighted by atomic mass is 10.2. The summed E-state index contributed by atoms with van der Waals surface area (Å²) < 4.78 is 12.5. The number of hydrogen-bond acceptors (Lipinski definition) is 4. The van der Waals surface area contributed by atoms with Crippen molar-refractivity contribution in [1.82, 2.24) is 15.1 Å². The maximum absolute atomic E-state index is 5.36. The van der Waals surface area contributed by atoms with Crippen molar-refractivity contribution in [3.8, 4) is 11.5 Å². The molecule has 100 valence electrons. The molecule has 0 aliphatic carbocycles. The summed E-state index contributed by atoms with van der Waals surface area (Å²) in [7, 11) is 1.93. The maximum atomic E-state index is 5.36. The van der Waals surface area contributed by atoms with Gasteiger partial charge in [0.15, 0.2) is 11.5 Å². The van der Waals surface area contributed by atoms with Crippen LogP contribution in [0.1, 0.15) is 11.1 Å². The first-order chi connectivity index (χ1) is 9.31. The normalized spacial score (nSPS) is 12.9. The predicted molar refractivity (Wildman–Crippen MR) is 71.2 cm³/mol. The fourth-order valence-corrected chi connectivity index (χ4v) is 2.12. The van der Waals surface area contributed by atoms with Gasteiger partial charge in [-0.2, -0.15) is 5.10 Å². The van der Waals surface area contributed by atoms with Gasteiger partial charge in [0, 0.05) is 19.8 Å². The number of nitrogens with one attached hydrogen (secondary N) is 1. The average molecular weight is 259 g/mol. The molecule has 2 aromatic rings. The van der Waals surface area contributed by atoms with E-state index >= 15 is 0 Å². The van der Waals surface area contributed by atoms with E-state index in [1.807, 2.05) is 36.3 Å². The lowest BCUT2D eigenvalue weighted by molar-refractivity contribution is 0.174. The van der Waals surface area contributed by atoms with Crippen molar-refractivity contribution in [3.63, 3.8) is 0 Å². The van der Waals surface area contributed by atoms with Crippen LogP contribution in [0.3, 0.4) is 0 Å². The topological polar surface area (TPSA) is 48.3 Å². The van der Waals surface area contributed by atoms with Crippen molar-refractivity contribution in [1.29, 1.82) is 0 Å². The summed E-state index contributed by atoms with van der Waals surface area (Å²) >= 11 is 0. The van der Waals surface area contributed by atoms with Crippen LogP contribution in [0.15, 0.2) is 30.6 Å². The van der Waals surface area contributed by atoms with Crippen LogP contribution in [0.25, 0.3) is 0 Å². The van der Waals surface area contributed by atoms with Crippen molar-refractivity contribution < 1.29 is 9.47 Å². The number of fused-ring (bicyclic) bond motifs is 1. The number of hydrogen-bond donors (Lipinski definition) is 1. The minimum Gasteiger partial charge on any atom is -0.454 e. The summed E-state index contributed by atoms with van der Waals surface area (Å²) in [6, 6.07) is 6.05. The van der Waals surface area contributed by atoms with Gasteiger partial charge in [-0.15, -0.1) is 0 Å². The van der Waals surface area contributed by atoms with Crippen LogP contribution in [0.5, 0.6) is 11.5 Å². The second kappa shape index (κ2) is 5.32. The Balaban J connectivity index is 1.47. The molecule has 3 rings (SSSR count). The van der Waals surface area contributed by atoms with Gasteiger partial charge in [0.2, 0.25) is 6.79 Å². The van der Waals surface area contributed by atoms with E-state index in [2.05, 4.69) is 16.5 Å². The molecule has 2 heterocycles. The Morgan fingerprint density at radius 3 is 3.00 bits per heavy atom. The van der Waals surface area contributed by atoms with Crippen LogP contribution < -0.4 is 14.8 Å². The van der Waals surface area contributed by atoms with E-state index in [0.717, 1.165) is 31.0 Å². The van der Waals surface area contributed by atoms with Crippen LogP contribution in [0.4, 0.5) is 0 Å². The number of aryl methyl sites for hydroxylation is 1. The summed E-state index contributed by atoms with van der Waals surface area (Å²) in [5, 5.41) is 7.57. The van der Waals surface area contributed by atoms with Gasteiger partial charge in [0.25, 0.3) is 0 Å². The molecule has 0 bridgehead atoms. The summed E-state index contributed by atoms with van der Waals surface area (Å²) in [4.78, 5) is 0. The highest BCUT2D eigenvalue weighted by molar-refractivity contribution is 5.44. The number of nitrogens with zero attached hydrogens (tertiary/aromatic N) is 2. The third-order valence-electron chi connectivity index (χ3n) is 3.11. The van der Waals surface area contributed by atoms with Crippen LogP contribution in [-0.2, 0) is 20.0 Å². The highest BCUT2D eigenvalue weighted by atomic mass is 16.7. The van der Waals surface area contributed by atoms with Gasteiger partial charge in [-0.1, -0.05) is 6.07 Å². The standard InChI is InChI=1S/C14H17N3O2/c1-17-9-12(8-16-17)4-5-15-7-11-2-3-13-14(6-11)19-10-18-13/h2-3,6,8-9,15H,4-5,7,10H2,1H3. The van der Waals surface area contributed by atoms with Gasteiger partial charge in [0.05, 0.1) is 6.20 Å². The van der Waals surface area contributed by atoms with Crippen molar-refractivity contribution in [2.75, 3.05) is 13.3 Å². The Hall–Kier alpha value is -2.01. The SMILES string of the molecule is Cn1cc(CCNCc2ccc3c(c2)OCO3)cn1. The van der Waals surface area contributed by atoms with Crippen molar-refractivity contribution >= 4 is 0 Å². The number of benzene rings is 1. The zero-order valence-electron chi connectivity index (χ0n) is 10.9. The molecule has 0 unspecified atom stereocenters. The van der Waals surface area contributed by atoms with Gasteiger partial charge in [-0.25, -0.2) is 0 Å². The molecule has 1 aliphatic rings. The average Bonchev–Trinajstić information content (AvgIpc) is 3.03. The van der Waals surface area contributed by atoms with Crippen LogP contribution in [0.2, 0.25) is 0 Å². The van der Waals surface area contributed by atoms with Gasteiger partial charge in [-0.3, -0.25) is 4.68 Å². The summed E-state index contributed by atoms with van der Waals surface area (Å²) in [5.74, 6) is 1.67. The van der Waals surface area contributed by atoms with Gasteiger partial charge < -0.3 is 14.8 Å². The summed E-state index contributed by atoms with van der Waals surface area (Å²) in [6.07, 6.45) is 4.93. The monoisotopic (exact) mass is 259 g/mol. The lowest BCUT2D eigenvalue weighted by Crippen LogP contribution is -2.16. The molecular formula is C14H17N3O2. The molecule has 1 aromatic carbocycles. The second-order valence-corrected chi connectivity index (χ2v) is 4.64. The van der Waals surface area contributed by atoms with E-state index < -0.39 is 0 Å². The first kappa shape index (κ1) is 12.0. The smallest absolute Gasteiger partial charge is 0.231 e. The Bertz CT molecular complexity index is 566. The Morgan fingerprint density at radius 1 is 1.26 bits per heavy atom. The van der Waals surface area contributed by atoms with Crippen molar-refractivity contribution in [2.45, 2.75) is 13.0 Å². The Kier molecular flexibility index (Phi) is 3.37. The van der Waals surface area contributed by atoms with E-state index in [9.17, 15) is 0 Å². The number of rotatable bonds is 5. The van der Waals surface area contributed by atoms with Crippen molar-refractivity contribution in [2.24, 2.45) is 7.05 Å². The predicted octanol–water partition coefficient (Wildman–Crippen LogP) is 1.48. The van der Waals surface area contributed by atoms with Gasteiger partial charge >= 0.3 is 0 Å². The molecule has 0 fully saturated rings. The Morgan fingerprint density at radius 2 is 2.16 bits per heavy atom. The molecule has 0 saturated heterocycles. The Labute approximate surface area is 112 Å². The van der Waals surface area contributed by atoms with E-state index in [-0.39, 0.29) is 0 Å².